The first-order chi connectivity index (χ1) is 10.1. The fourth-order valence-electron chi connectivity index (χ4n) is 3.60. The Morgan fingerprint density at radius 3 is 2.50 bits per heavy atom. The Morgan fingerprint density at radius 2 is 1.95 bits per heavy atom. The van der Waals surface area contributed by atoms with Crippen LogP contribution in [0.1, 0.15) is 38.5 Å². The summed E-state index contributed by atoms with van der Waals surface area (Å²) in [5, 5.41) is 7.02. The monoisotopic (exact) mass is 420 g/mol. The molecule has 3 aliphatic rings. The lowest BCUT2D eigenvalue weighted by Crippen LogP contribution is -2.46. The molecular formula is C16H29IN4O. The molecule has 0 spiro atoms. The predicted octanol–water partition coefficient (Wildman–Crippen LogP) is 1.83. The van der Waals surface area contributed by atoms with Crippen LogP contribution in [0.2, 0.25) is 0 Å². The summed E-state index contributed by atoms with van der Waals surface area (Å²) in [6, 6.07) is 0.559. The minimum Gasteiger partial charge on any atom is -0.356 e. The van der Waals surface area contributed by atoms with E-state index in [2.05, 4.69) is 15.6 Å². The van der Waals surface area contributed by atoms with Gasteiger partial charge in [-0.15, -0.1) is 24.0 Å². The number of rotatable bonds is 5. The van der Waals surface area contributed by atoms with Crippen molar-refractivity contribution >= 4 is 35.8 Å². The van der Waals surface area contributed by atoms with E-state index >= 15 is 0 Å². The minimum absolute atomic E-state index is 0. The zero-order valence-corrected chi connectivity index (χ0v) is 16.0. The highest BCUT2D eigenvalue weighted by molar-refractivity contribution is 14.0. The van der Waals surface area contributed by atoms with E-state index in [1.165, 1.54) is 38.5 Å². The molecule has 3 aliphatic carbocycles. The lowest BCUT2D eigenvalue weighted by Gasteiger charge is -2.25. The fraction of sp³-hybridized carbons (Fsp3) is 0.875. The SMILES string of the molecule is CN(C)C(=O)CN=C(NCC1CC1)NC1CC2CCC1C2.I. The molecule has 6 heteroatoms. The average molecular weight is 420 g/mol. The van der Waals surface area contributed by atoms with E-state index < -0.39 is 0 Å². The third-order valence-electron chi connectivity index (χ3n) is 5.19. The number of nitrogens with zero attached hydrogens (tertiary/aromatic N) is 2. The van der Waals surface area contributed by atoms with Crippen LogP contribution in [0.25, 0.3) is 0 Å². The molecule has 3 unspecified atom stereocenters. The van der Waals surface area contributed by atoms with Gasteiger partial charge in [-0.2, -0.15) is 0 Å². The maximum atomic E-state index is 11.7. The van der Waals surface area contributed by atoms with Crippen molar-refractivity contribution in [2.75, 3.05) is 27.2 Å². The van der Waals surface area contributed by atoms with Crippen molar-refractivity contribution in [3.63, 3.8) is 0 Å². The van der Waals surface area contributed by atoms with Gasteiger partial charge in [0.05, 0.1) is 0 Å². The smallest absolute Gasteiger partial charge is 0.243 e. The van der Waals surface area contributed by atoms with Crippen LogP contribution in [0.4, 0.5) is 0 Å². The Labute approximate surface area is 150 Å². The van der Waals surface area contributed by atoms with Crippen molar-refractivity contribution in [2.24, 2.45) is 22.7 Å². The standard InChI is InChI=1S/C16H28N4O.HI/c1-20(2)15(21)10-18-16(17-9-11-3-4-11)19-14-8-12-5-6-13(14)7-12;/h11-14H,3-10H2,1-2H3,(H2,17,18,19);1H. The van der Waals surface area contributed by atoms with Crippen molar-refractivity contribution in [3.05, 3.63) is 0 Å². The molecule has 126 valence electrons. The van der Waals surface area contributed by atoms with Gasteiger partial charge in [-0.1, -0.05) is 6.42 Å². The molecule has 0 aliphatic heterocycles. The normalized spacial score (nSPS) is 29.9. The molecule has 0 aromatic carbocycles. The quantitative estimate of drug-likeness (QED) is 0.406. The van der Waals surface area contributed by atoms with E-state index in [1.54, 1.807) is 19.0 Å². The molecule has 0 saturated heterocycles. The van der Waals surface area contributed by atoms with Crippen LogP contribution < -0.4 is 10.6 Å². The lowest BCUT2D eigenvalue weighted by atomic mass is 9.95. The van der Waals surface area contributed by atoms with Gasteiger partial charge in [0, 0.05) is 26.7 Å². The Kier molecular flexibility index (Phi) is 6.35. The molecule has 0 heterocycles. The van der Waals surface area contributed by atoms with E-state index in [-0.39, 0.29) is 36.4 Å². The topological polar surface area (TPSA) is 56.7 Å². The van der Waals surface area contributed by atoms with Crippen LogP contribution in [-0.2, 0) is 4.79 Å². The molecule has 5 nitrogen and oxygen atoms in total. The average Bonchev–Trinajstić information content (AvgIpc) is 3.06. The zero-order valence-electron chi connectivity index (χ0n) is 13.7. The summed E-state index contributed by atoms with van der Waals surface area (Å²) in [5.41, 5.74) is 0. The number of guanidine groups is 1. The zero-order chi connectivity index (χ0) is 14.8. The number of amides is 1. The molecule has 0 aromatic rings. The number of hydrogen-bond donors (Lipinski definition) is 2. The predicted molar refractivity (Wildman–Crippen MR) is 99.5 cm³/mol. The second-order valence-corrected chi connectivity index (χ2v) is 7.20. The van der Waals surface area contributed by atoms with Crippen molar-refractivity contribution in [2.45, 2.75) is 44.6 Å². The van der Waals surface area contributed by atoms with Crippen molar-refractivity contribution in [1.29, 1.82) is 0 Å². The first-order valence-corrected chi connectivity index (χ1v) is 8.37. The third-order valence-corrected chi connectivity index (χ3v) is 5.19. The van der Waals surface area contributed by atoms with Crippen LogP contribution in [-0.4, -0.2) is 50.0 Å². The summed E-state index contributed by atoms with van der Waals surface area (Å²) < 4.78 is 0. The van der Waals surface area contributed by atoms with E-state index in [0.29, 0.717) is 6.04 Å². The highest BCUT2D eigenvalue weighted by Crippen LogP contribution is 2.44. The molecule has 0 aromatic heterocycles. The van der Waals surface area contributed by atoms with Crippen molar-refractivity contribution in [3.8, 4) is 0 Å². The van der Waals surface area contributed by atoms with Crippen LogP contribution in [0.3, 0.4) is 0 Å². The maximum Gasteiger partial charge on any atom is 0.243 e. The van der Waals surface area contributed by atoms with Gasteiger partial charge in [-0.25, -0.2) is 4.99 Å². The Balaban J connectivity index is 0.00000176. The van der Waals surface area contributed by atoms with Gasteiger partial charge < -0.3 is 15.5 Å². The first-order valence-electron chi connectivity index (χ1n) is 8.37. The molecule has 3 rings (SSSR count). The van der Waals surface area contributed by atoms with Gasteiger partial charge in [-0.3, -0.25) is 4.79 Å². The number of hydrogen-bond acceptors (Lipinski definition) is 2. The molecule has 3 atom stereocenters. The summed E-state index contributed by atoms with van der Waals surface area (Å²) in [6.45, 7) is 1.22. The first kappa shape index (κ1) is 17.8. The number of carbonyl (C=O) groups is 1. The molecular weight excluding hydrogens is 391 g/mol. The number of nitrogens with one attached hydrogen (secondary N) is 2. The van der Waals surface area contributed by atoms with E-state index in [1.807, 2.05) is 0 Å². The number of carbonyl (C=O) groups excluding carboxylic acids is 1. The maximum absolute atomic E-state index is 11.7. The van der Waals surface area contributed by atoms with Gasteiger partial charge >= 0.3 is 0 Å². The third kappa shape index (κ3) is 4.73. The lowest BCUT2D eigenvalue weighted by molar-refractivity contribution is -0.127. The second kappa shape index (κ2) is 7.84. The van der Waals surface area contributed by atoms with Crippen LogP contribution >= 0.6 is 24.0 Å². The molecule has 1 amide bonds. The van der Waals surface area contributed by atoms with Gasteiger partial charge in [-0.05, 0) is 49.9 Å². The Morgan fingerprint density at radius 1 is 1.18 bits per heavy atom. The molecule has 3 saturated carbocycles. The summed E-state index contributed by atoms with van der Waals surface area (Å²) in [5.74, 6) is 3.43. The van der Waals surface area contributed by atoms with Crippen LogP contribution in [0.5, 0.6) is 0 Å². The molecule has 0 radical (unpaired) electrons. The summed E-state index contributed by atoms with van der Waals surface area (Å²) in [6.07, 6.45) is 8.06. The second-order valence-electron chi connectivity index (χ2n) is 7.20. The number of halogens is 1. The van der Waals surface area contributed by atoms with Crippen LogP contribution in [0.15, 0.2) is 4.99 Å². The molecule has 2 bridgehead atoms. The highest BCUT2D eigenvalue weighted by Gasteiger charge is 2.39. The fourth-order valence-corrected chi connectivity index (χ4v) is 3.60. The molecule has 3 fully saturated rings. The Bertz CT molecular complexity index is 422. The summed E-state index contributed by atoms with van der Waals surface area (Å²) in [4.78, 5) is 17.8. The van der Waals surface area contributed by atoms with Gasteiger partial charge in [0.25, 0.3) is 0 Å². The van der Waals surface area contributed by atoms with Gasteiger partial charge in [0.2, 0.25) is 5.91 Å². The minimum atomic E-state index is 0. The van der Waals surface area contributed by atoms with E-state index in [0.717, 1.165) is 30.3 Å². The number of aliphatic imine (C=N–C) groups is 1. The largest absolute Gasteiger partial charge is 0.356 e. The molecule has 22 heavy (non-hydrogen) atoms. The summed E-state index contributed by atoms with van der Waals surface area (Å²) >= 11 is 0. The Hall–Kier alpha value is -0.530. The van der Waals surface area contributed by atoms with Crippen molar-refractivity contribution < 1.29 is 4.79 Å². The highest BCUT2D eigenvalue weighted by atomic mass is 127. The van der Waals surface area contributed by atoms with Gasteiger partial charge in [0.1, 0.15) is 6.54 Å². The number of fused-ring (bicyclic) bond motifs is 2. The van der Waals surface area contributed by atoms with E-state index in [4.69, 9.17) is 0 Å². The van der Waals surface area contributed by atoms with Crippen molar-refractivity contribution in [1.82, 2.24) is 15.5 Å². The number of likely N-dealkylation sites (N-methyl/N-ethyl adjacent to an activating group) is 1. The van der Waals surface area contributed by atoms with E-state index in [9.17, 15) is 4.79 Å². The van der Waals surface area contributed by atoms with Crippen LogP contribution in [0, 0.1) is 17.8 Å². The van der Waals surface area contributed by atoms with Gasteiger partial charge in [0.15, 0.2) is 5.96 Å². The molecule has 2 N–H and O–H groups in total. The summed E-state index contributed by atoms with van der Waals surface area (Å²) in [7, 11) is 3.55.